The first-order chi connectivity index (χ1) is 6.43. The van der Waals surface area contributed by atoms with Crippen LogP contribution in [-0.2, 0) is 4.74 Å². The van der Waals surface area contributed by atoms with Gasteiger partial charge in [0.2, 0.25) is 0 Å². The van der Waals surface area contributed by atoms with Crippen molar-refractivity contribution in [3.63, 3.8) is 0 Å². The van der Waals surface area contributed by atoms with Crippen molar-refractivity contribution in [2.75, 3.05) is 39.4 Å². The summed E-state index contributed by atoms with van der Waals surface area (Å²) in [6, 6.07) is 0. The Morgan fingerprint density at radius 3 is 2.69 bits per heavy atom. The highest BCUT2D eigenvalue weighted by molar-refractivity contribution is 4.64. The van der Waals surface area contributed by atoms with Crippen LogP contribution < -0.4 is 5.84 Å². The summed E-state index contributed by atoms with van der Waals surface area (Å²) in [5.41, 5.74) is 0. The zero-order valence-corrected chi connectivity index (χ0v) is 7.98. The first-order valence-corrected chi connectivity index (χ1v) is 4.80. The highest BCUT2D eigenvalue weighted by Gasteiger charge is 2.09. The maximum absolute atomic E-state index is 5.35. The van der Waals surface area contributed by atoms with Crippen LogP contribution in [0.4, 0.5) is 0 Å². The van der Waals surface area contributed by atoms with Gasteiger partial charge in [0.1, 0.15) is 0 Å². The number of hydrogen-bond acceptors (Lipinski definition) is 4. The van der Waals surface area contributed by atoms with Crippen molar-refractivity contribution in [3.8, 4) is 0 Å². The van der Waals surface area contributed by atoms with Crippen molar-refractivity contribution in [2.24, 2.45) is 16.2 Å². The fraction of sp³-hybridized carbons (Fsp3) is 1.00. The molecule has 0 saturated carbocycles. The van der Waals surface area contributed by atoms with E-state index in [9.17, 15) is 0 Å². The molecule has 0 aliphatic carbocycles. The smallest absolute Gasteiger partial charge is 0.0854 e. The molecule has 5 nitrogen and oxygen atoms in total. The van der Waals surface area contributed by atoms with Crippen molar-refractivity contribution < 1.29 is 4.74 Å². The number of nitrogens with zero attached hydrogens (tertiary/aromatic N) is 3. The third-order valence-electron chi connectivity index (χ3n) is 2.17. The Bertz CT molecular complexity index is 145. The molecule has 1 fully saturated rings. The Morgan fingerprint density at radius 1 is 1.23 bits per heavy atom. The van der Waals surface area contributed by atoms with E-state index < -0.39 is 0 Å². The fourth-order valence-electron chi connectivity index (χ4n) is 1.47. The molecule has 5 heteroatoms. The van der Waals surface area contributed by atoms with Crippen LogP contribution in [0.15, 0.2) is 10.3 Å². The lowest BCUT2D eigenvalue weighted by Crippen LogP contribution is -2.24. The summed E-state index contributed by atoms with van der Waals surface area (Å²) in [5.74, 6) is 4.84. The molecule has 0 radical (unpaired) electrons. The third kappa shape index (κ3) is 4.80. The van der Waals surface area contributed by atoms with Gasteiger partial charge in [0.15, 0.2) is 0 Å². The van der Waals surface area contributed by atoms with Gasteiger partial charge in [-0.05, 0) is 25.9 Å². The van der Waals surface area contributed by atoms with E-state index in [0.29, 0.717) is 13.2 Å². The van der Waals surface area contributed by atoms with Crippen LogP contribution in [0.25, 0.3) is 0 Å². The lowest BCUT2D eigenvalue weighted by atomic mass is 10.4. The van der Waals surface area contributed by atoms with Gasteiger partial charge in [0.05, 0.1) is 19.8 Å². The van der Waals surface area contributed by atoms with Gasteiger partial charge >= 0.3 is 0 Å². The predicted molar refractivity (Wildman–Crippen MR) is 50.4 cm³/mol. The second kappa shape index (κ2) is 6.80. The number of hydrogen-bond donors (Lipinski definition) is 1. The molecule has 0 spiro atoms. The van der Waals surface area contributed by atoms with Crippen LogP contribution in [0, 0.1) is 0 Å². The van der Waals surface area contributed by atoms with Crippen LogP contribution in [0.5, 0.6) is 0 Å². The average Bonchev–Trinajstić information content (AvgIpc) is 2.63. The van der Waals surface area contributed by atoms with E-state index in [2.05, 4.69) is 15.2 Å². The molecule has 1 aliphatic heterocycles. The molecule has 0 aromatic heterocycles. The Kier molecular flexibility index (Phi) is 5.44. The monoisotopic (exact) mass is 186 g/mol. The second-order valence-electron chi connectivity index (χ2n) is 3.14. The SMILES string of the molecule is NN=NCCOCCN1CCCC1. The third-order valence-corrected chi connectivity index (χ3v) is 2.17. The molecule has 0 amide bonds. The molecule has 1 heterocycles. The Labute approximate surface area is 78.9 Å². The number of ether oxygens (including phenoxy) is 1. The summed E-state index contributed by atoms with van der Waals surface area (Å²) in [7, 11) is 0. The van der Waals surface area contributed by atoms with Crippen molar-refractivity contribution in [1.82, 2.24) is 4.90 Å². The lowest BCUT2D eigenvalue weighted by molar-refractivity contribution is 0.116. The van der Waals surface area contributed by atoms with Gasteiger partial charge in [-0.2, -0.15) is 5.11 Å². The minimum absolute atomic E-state index is 0.566. The Hall–Kier alpha value is -0.680. The lowest BCUT2D eigenvalue weighted by Gasteiger charge is -2.13. The van der Waals surface area contributed by atoms with Crippen molar-refractivity contribution in [2.45, 2.75) is 12.8 Å². The van der Waals surface area contributed by atoms with Crippen molar-refractivity contribution >= 4 is 0 Å². The Balaban J connectivity index is 1.83. The van der Waals surface area contributed by atoms with E-state index in [4.69, 9.17) is 10.6 Å². The van der Waals surface area contributed by atoms with Gasteiger partial charge in [-0.15, -0.1) is 0 Å². The van der Waals surface area contributed by atoms with Gasteiger partial charge in [-0.25, -0.2) is 0 Å². The number of nitrogens with two attached hydrogens (primary N) is 1. The van der Waals surface area contributed by atoms with Crippen LogP contribution in [0.2, 0.25) is 0 Å². The van der Waals surface area contributed by atoms with Crippen LogP contribution in [0.1, 0.15) is 12.8 Å². The molecular formula is C8H18N4O. The molecule has 0 bridgehead atoms. The minimum atomic E-state index is 0.566. The summed E-state index contributed by atoms with van der Waals surface area (Å²) in [6.07, 6.45) is 2.67. The van der Waals surface area contributed by atoms with Gasteiger partial charge in [-0.1, -0.05) is 5.22 Å². The molecule has 0 aromatic carbocycles. The van der Waals surface area contributed by atoms with Gasteiger partial charge in [0.25, 0.3) is 0 Å². The summed E-state index contributed by atoms with van der Waals surface area (Å²) in [5, 5.41) is 6.75. The maximum atomic E-state index is 5.35. The first kappa shape index (κ1) is 10.4. The minimum Gasteiger partial charge on any atom is -0.378 e. The molecule has 1 saturated heterocycles. The molecule has 1 rings (SSSR count). The quantitative estimate of drug-likeness (QED) is 0.283. The van der Waals surface area contributed by atoms with E-state index in [-0.39, 0.29) is 0 Å². The van der Waals surface area contributed by atoms with E-state index in [1.165, 1.54) is 25.9 Å². The normalized spacial score (nSPS) is 18.8. The zero-order chi connectivity index (χ0) is 9.36. The predicted octanol–water partition coefficient (Wildman–Crippen LogP) is 0.425. The van der Waals surface area contributed by atoms with Crippen molar-refractivity contribution in [3.05, 3.63) is 0 Å². The van der Waals surface area contributed by atoms with Crippen LogP contribution >= 0.6 is 0 Å². The second-order valence-corrected chi connectivity index (χ2v) is 3.14. The van der Waals surface area contributed by atoms with Crippen molar-refractivity contribution in [1.29, 1.82) is 0 Å². The first-order valence-electron chi connectivity index (χ1n) is 4.80. The topological polar surface area (TPSA) is 63.2 Å². The van der Waals surface area contributed by atoms with Gasteiger partial charge in [-0.3, -0.25) is 0 Å². The molecule has 2 N–H and O–H groups in total. The molecule has 13 heavy (non-hydrogen) atoms. The summed E-state index contributed by atoms with van der Waals surface area (Å²) in [6.45, 7) is 5.47. The average molecular weight is 186 g/mol. The van der Waals surface area contributed by atoms with Crippen LogP contribution in [-0.4, -0.2) is 44.3 Å². The molecule has 1 aliphatic rings. The largest absolute Gasteiger partial charge is 0.378 e. The van der Waals surface area contributed by atoms with Gasteiger partial charge in [0, 0.05) is 6.54 Å². The van der Waals surface area contributed by atoms with E-state index in [1.807, 2.05) is 0 Å². The van der Waals surface area contributed by atoms with Gasteiger partial charge < -0.3 is 15.5 Å². The van der Waals surface area contributed by atoms with E-state index in [0.717, 1.165) is 13.2 Å². The molecule has 0 aromatic rings. The fourth-order valence-corrected chi connectivity index (χ4v) is 1.47. The standard InChI is InChI=1S/C8H18N4O/c9-11-10-3-7-13-8-6-12-4-1-2-5-12/h1-8H2,(H2,9,10). The number of likely N-dealkylation sites (tertiary alicyclic amines) is 1. The highest BCUT2D eigenvalue weighted by Crippen LogP contribution is 2.05. The maximum Gasteiger partial charge on any atom is 0.0854 e. The molecule has 76 valence electrons. The van der Waals surface area contributed by atoms with E-state index >= 15 is 0 Å². The molecule has 0 atom stereocenters. The Morgan fingerprint density at radius 2 is 2.00 bits per heavy atom. The van der Waals surface area contributed by atoms with Crippen LogP contribution in [0.3, 0.4) is 0 Å². The summed E-state index contributed by atoms with van der Waals surface area (Å²) < 4.78 is 5.35. The van der Waals surface area contributed by atoms with E-state index in [1.54, 1.807) is 0 Å². The summed E-state index contributed by atoms with van der Waals surface area (Å²) in [4.78, 5) is 2.42. The molecule has 0 unspecified atom stereocenters. The molecular weight excluding hydrogens is 168 g/mol. The zero-order valence-electron chi connectivity index (χ0n) is 7.98. The number of rotatable bonds is 6. The highest BCUT2D eigenvalue weighted by atomic mass is 16.5. The summed E-state index contributed by atoms with van der Waals surface area (Å²) >= 11 is 0.